The number of hydrogen-bond acceptors (Lipinski definition) is 20. The van der Waals surface area contributed by atoms with Gasteiger partial charge in [-0.2, -0.15) is 0 Å². The summed E-state index contributed by atoms with van der Waals surface area (Å²) in [7, 11) is -3.10. The fraction of sp³-hybridized carbons (Fsp3) is 0.407. The molecule has 0 saturated heterocycles. The summed E-state index contributed by atoms with van der Waals surface area (Å²) in [4.78, 5) is 113. The maximum absolute atomic E-state index is 11.4. The third kappa shape index (κ3) is 33.1. The van der Waals surface area contributed by atoms with Crippen LogP contribution in [0.2, 0.25) is 26.2 Å². The third-order valence-corrected chi connectivity index (χ3v) is 8.30. The summed E-state index contributed by atoms with van der Waals surface area (Å²) in [6.45, 7) is 6.73. The molecule has 0 aliphatic rings. The predicted octanol–water partition coefficient (Wildman–Crippen LogP) is -1.40. The number of ether oxygens (including phenoxy) is 6. The van der Waals surface area contributed by atoms with Gasteiger partial charge in [-0.3, -0.25) is 0 Å². The van der Waals surface area contributed by atoms with Crippen molar-refractivity contribution >= 4 is 73.4 Å². The molecule has 0 radical (unpaired) electrons. The van der Waals surface area contributed by atoms with Gasteiger partial charge in [0.15, 0.2) is 6.23 Å². The van der Waals surface area contributed by atoms with E-state index in [1.807, 2.05) is 13.1 Å². The van der Waals surface area contributed by atoms with Crippen LogP contribution in [0.4, 0.5) is 0 Å². The molecule has 282 valence electrons. The van der Waals surface area contributed by atoms with Crippen molar-refractivity contribution in [3.8, 4) is 0 Å². The highest BCUT2D eigenvalue weighted by Gasteiger charge is 2.32. The van der Waals surface area contributed by atoms with E-state index in [-0.39, 0.29) is 6.23 Å². The third-order valence-electron chi connectivity index (χ3n) is 4.44. The van der Waals surface area contributed by atoms with Crippen LogP contribution in [0.5, 0.6) is 0 Å². The average Bonchev–Trinajstić information content (AvgIpc) is 3.05. The van der Waals surface area contributed by atoms with E-state index >= 15 is 0 Å². The molecule has 0 aliphatic carbocycles. The van der Waals surface area contributed by atoms with Crippen LogP contribution in [0.1, 0.15) is 0 Å². The van der Waals surface area contributed by atoms with E-state index in [9.17, 15) is 38.4 Å². The second-order valence-electron chi connectivity index (χ2n) is 9.62. The van der Waals surface area contributed by atoms with Crippen molar-refractivity contribution in [3.63, 3.8) is 0 Å². The van der Waals surface area contributed by atoms with Crippen molar-refractivity contribution in [2.75, 3.05) is 48.0 Å². The van der Waals surface area contributed by atoms with Crippen LogP contribution in [0.3, 0.4) is 0 Å². The Labute approximate surface area is 290 Å². The minimum Gasteiger partial charge on any atom is -0.482 e. The van der Waals surface area contributed by atoms with Crippen molar-refractivity contribution in [1.29, 1.82) is 0 Å². The molecule has 0 saturated carbocycles. The standard InChI is InChI=1S/C12H16O8Si.C9H16O5Si.C6H10O7Si/c1-17-9(13)5-7-11(15)19-21(3,4)20-12(16)8-6-10(14)18-2;1-12-8(10)5-6-9(11)14-7-15(3,4)13-2;1-12-5(7)2-3-6(8)13-4-14(9,10)11/h5-8H,1-4H3;5-6H,7H2,1-4H3;2-3,9-11H,4H2,1H3/b7-5+,8-6+;6-5+;3-2+. The van der Waals surface area contributed by atoms with Gasteiger partial charge < -0.3 is 56.1 Å². The molecule has 0 heterocycles. The van der Waals surface area contributed by atoms with E-state index in [0.717, 1.165) is 69.9 Å². The van der Waals surface area contributed by atoms with Crippen molar-refractivity contribution in [1.82, 2.24) is 0 Å². The van der Waals surface area contributed by atoms with E-state index in [1.54, 1.807) is 7.11 Å². The summed E-state index contributed by atoms with van der Waals surface area (Å²) in [5, 5.41) is 0. The lowest BCUT2D eigenvalue weighted by Crippen LogP contribution is -2.41. The van der Waals surface area contributed by atoms with Crippen LogP contribution >= 0.6 is 0 Å². The van der Waals surface area contributed by atoms with Crippen LogP contribution in [0, 0.1) is 0 Å². The van der Waals surface area contributed by atoms with Gasteiger partial charge in [0.1, 0.15) is 6.23 Å². The molecule has 0 atom stereocenters. The first-order chi connectivity index (χ1) is 23.0. The summed E-state index contributed by atoms with van der Waals surface area (Å²) >= 11 is 0. The fourth-order valence-electron chi connectivity index (χ4n) is 1.96. The molecule has 3 N–H and O–H groups in total. The molecule has 0 aromatic rings. The predicted molar refractivity (Wildman–Crippen MR) is 173 cm³/mol. The molecule has 0 unspecified atom stereocenters. The largest absolute Gasteiger partial charge is 0.532 e. The van der Waals surface area contributed by atoms with Gasteiger partial charge in [-0.05, 0) is 13.1 Å². The van der Waals surface area contributed by atoms with Gasteiger partial charge in [0.05, 0.1) is 28.4 Å². The zero-order valence-corrected chi connectivity index (χ0v) is 31.8. The highest BCUT2D eigenvalue weighted by atomic mass is 28.4. The lowest BCUT2D eigenvalue weighted by Gasteiger charge is -2.20. The Hall–Kier alpha value is -4.79. The minimum atomic E-state index is -4.38. The topological polar surface area (TPSA) is 280 Å². The first kappa shape index (κ1) is 49.6. The smallest absolute Gasteiger partial charge is 0.482 e. The number of carbonyl (C=O) groups excluding carboxylic acids is 8. The maximum Gasteiger partial charge on any atom is 0.532 e. The number of rotatable bonds is 15. The van der Waals surface area contributed by atoms with Gasteiger partial charge in [0.25, 0.3) is 0 Å². The van der Waals surface area contributed by atoms with Crippen molar-refractivity contribution in [2.45, 2.75) is 26.2 Å². The monoisotopic (exact) mass is 770 g/mol. The number of carbonyl (C=O) groups is 8. The van der Waals surface area contributed by atoms with Gasteiger partial charge in [0, 0.05) is 68.8 Å². The van der Waals surface area contributed by atoms with E-state index in [0.29, 0.717) is 0 Å². The molecule has 23 heteroatoms. The van der Waals surface area contributed by atoms with Gasteiger partial charge in [-0.1, -0.05) is 0 Å². The van der Waals surface area contributed by atoms with Crippen LogP contribution in [-0.4, -0.2) is 136 Å². The lowest BCUT2D eigenvalue weighted by molar-refractivity contribution is -0.139. The Balaban J connectivity index is -0.000000682. The number of hydrogen-bond donors (Lipinski definition) is 3. The Kier molecular flexibility index (Phi) is 25.9. The van der Waals surface area contributed by atoms with Gasteiger partial charge in [-0.25, -0.2) is 38.4 Å². The zero-order chi connectivity index (χ0) is 39.6. The molecule has 50 heavy (non-hydrogen) atoms. The van der Waals surface area contributed by atoms with Crippen molar-refractivity contribution < 1.29 is 94.4 Å². The molecule has 0 rings (SSSR count). The van der Waals surface area contributed by atoms with E-state index < -0.39 is 79.7 Å². The molecule has 0 aromatic heterocycles. The molecule has 0 amide bonds. The maximum atomic E-state index is 11.4. The van der Waals surface area contributed by atoms with Crippen molar-refractivity contribution in [3.05, 3.63) is 48.6 Å². The summed E-state index contributed by atoms with van der Waals surface area (Å²) in [6.07, 6.45) is 6.46. The molecule has 0 aromatic carbocycles. The Morgan fingerprint density at radius 1 is 0.440 bits per heavy atom. The normalized spacial score (nSPS) is 11.4. The number of esters is 6. The first-order valence-electron chi connectivity index (χ1n) is 13.5. The van der Waals surface area contributed by atoms with E-state index in [1.165, 1.54) is 20.2 Å². The van der Waals surface area contributed by atoms with E-state index in [4.69, 9.17) is 32.4 Å². The van der Waals surface area contributed by atoms with Gasteiger partial charge >= 0.3 is 65.1 Å². The van der Waals surface area contributed by atoms with Crippen LogP contribution in [0.25, 0.3) is 0 Å². The second-order valence-corrected chi connectivity index (χ2v) is 18.9. The summed E-state index contributed by atoms with van der Waals surface area (Å²) in [5.41, 5.74) is 0. The highest BCUT2D eigenvalue weighted by molar-refractivity contribution is 6.71. The Morgan fingerprint density at radius 3 is 0.960 bits per heavy atom. The number of methoxy groups -OCH3 is 4. The molecular weight excluding hydrogens is 729 g/mol. The molecule has 0 bridgehead atoms. The first-order valence-corrected chi connectivity index (χ1v) is 21.5. The zero-order valence-electron chi connectivity index (χ0n) is 28.8. The minimum absolute atomic E-state index is 0.258. The molecule has 20 nitrogen and oxygen atoms in total. The van der Waals surface area contributed by atoms with Crippen LogP contribution < -0.4 is 0 Å². The molecule has 0 fully saturated rings. The highest BCUT2D eigenvalue weighted by Crippen LogP contribution is 2.08. The summed E-state index contributed by atoms with van der Waals surface area (Å²) in [6, 6.07) is 0. The van der Waals surface area contributed by atoms with Crippen LogP contribution in [-0.2, 0) is 80.1 Å². The quantitative estimate of drug-likeness (QED) is 0.0747. The molecule has 0 aliphatic heterocycles. The SMILES string of the molecule is COC(=O)/C=C/C(=O)OC[Si](C)(C)OC.COC(=O)/C=C/C(=O)OC[Si](O)(O)O.COC(=O)/C=C/C(=O)O[Si](C)(C)OC(=O)/C=C/C(=O)OC. The van der Waals surface area contributed by atoms with Crippen molar-refractivity contribution in [2.24, 2.45) is 0 Å². The molecule has 0 spiro atoms. The van der Waals surface area contributed by atoms with E-state index in [2.05, 4.69) is 23.7 Å². The summed E-state index contributed by atoms with van der Waals surface area (Å²) in [5.74, 6) is -6.02. The Morgan fingerprint density at radius 2 is 0.700 bits per heavy atom. The Bertz CT molecular complexity index is 1240. The van der Waals surface area contributed by atoms with Crippen LogP contribution in [0.15, 0.2) is 48.6 Å². The summed E-state index contributed by atoms with van der Waals surface area (Å²) < 4.78 is 41.2. The molecular formula is C27H42O20Si3. The lowest BCUT2D eigenvalue weighted by atomic mass is 10.5. The fourth-order valence-corrected chi connectivity index (χ4v) is 4.05. The average molecular weight is 771 g/mol. The van der Waals surface area contributed by atoms with Gasteiger partial charge in [-0.15, -0.1) is 0 Å². The second kappa shape index (κ2) is 26.1. The van der Waals surface area contributed by atoms with Gasteiger partial charge in [0.2, 0.25) is 8.32 Å².